The predicted octanol–water partition coefficient (Wildman–Crippen LogP) is 2.29. The van der Waals surface area contributed by atoms with E-state index >= 15 is 0 Å². The van der Waals surface area contributed by atoms with Crippen LogP contribution in [0, 0.1) is 0 Å². The Morgan fingerprint density at radius 1 is 0.917 bits per heavy atom. The van der Waals surface area contributed by atoms with Gasteiger partial charge in [0.1, 0.15) is 14.5 Å². The highest BCUT2D eigenvalue weighted by Crippen LogP contribution is 2.24. The molecular formula is C19H25BO4. The summed E-state index contributed by atoms with van der Waals surface area (Å²) in [6, 6.07) is 14.6. The van der Waals surface area contributed by atoms with Gasteiger partial charge in [0.2, 0.25) is 0 Å². The highest BCUT2D eigenvalue weighted by molar-refractivity contribution is 6.32. The fourth-order valence-corrected chi connectivity index (χ4v) is 1.39. The first-order valence-electron chi connectivity index (χ1n) is 7.70. The molecule has 0 aliphatic rings. The molecule has 2 aromatic rings. The summed E-state index contributed by atoms with van der Waals surface area (Å²) in [5.74, 6) is 0.508. The molecular weight excluding hydrogens is 303 g/mol. The van der Waals surface area contributed by atoms with Crippen LogP contribution in [0.5, 0.6) is 11.5 Å². The topological polar surface area (TPSA) is 69.9 Å². The fourth-order valence-electron chi connectivity index (χ4n) is 1.39. The van der Waals surface area contributed by atoms with Gasteiger partial charge in [-0.05, 0) is 45.4 Å². The van der Waals surface area contributed by atoms with E-state index in [1.165, 1.54) is 6.07 Å². The zero-order chi connectivity index (χ0) is 18.4. The van der Waals surface area contributed by atoms with Crippen LogP contribution < -0.4 is 10.2 Å². The average Bonchev–Trinajstić information content (AvgIpc) is 2.46. The highest BCUT2D eigenvalue weighted by atomic mass is 16.5. The lowest BCUT2D eigenvalue weighted by molar-refractivity contribution is -0.107. The second-order valence-corrected chi connectivity index (χ2v) is 6.62. The van der Waals surface area contributed by atoms with Crippen molar-refractivity contribution in [1.29, 1.82) is 0 Å². The van der Waals surface area contributed by atoms with E-state index in [0.29, 0.717) is 17.8 Å². The molecule has 5 heteroatoms. The zero-order valence-corrected chi connectivity index (χ0v) is 14.7. The van der Waals surface area contributed by atoms with E-state index in [1.54, 1.807) is 39.8 Å². The summed E-state index contributed by atoms with van der Waals surface area (Å²) in [6.45, 7) is 6.73. The molecule has 0 atom stereocenters. The van der Waals surface area contributed by atoms with Crippen LogP contribution in [-0.4, -0.2) is 34.4 Å². The predicted molar refractivity (Wildman–Crippen MR) is 96.9 cm³/mol. The molecule has 0 spiro atoms. The van der Waals surface area contributed by atoms with Crippen molar-refractivity contribution in [3.8, 4) is 11.5 Å². The molecule has 3 N–H and O–H groups in total. The van der Waals surface area contributed by atoms with Gasteiger partial charge in [0, 0.05) is 0 Å². The van der Waals surface area contributed by atoms with Crippen molar-refractivity contribution in [2.24, 2.45) is 0 Å². The van der Waals surface area contributed by atoms with Crippen LogP contribution in [0.15, 0.2) is 48.5 Å². The van der Waals surface area contributed by atoms with Gasteiger partial charge in [-0.1, -0.05) is 41.9 Å². The van der Waals surface area contributed by atoms with E-state index in [4.69, 9.17) is 22.8 Å². The number of phenolic OH excluding ortho intramolecular Hbond substituents is 1. The van der Waals surface area contributed by atoms with E-state index in [0.717, 1.165) is 5.56 Å². The summed E-state index contributed by atoms with van der Waals surface area (Å²) < 4.78 is 5.47. The van der Waals surface area contributed by atoms with E-state index < -0.39 is 11.2 Å². The molecule has 0 saturated carbocycles. The van der Waals surface area contributed by atoms with Gasteiger partial charge < -0.3 is 20.1 Å². The van der Waals surface area contributed by atoms with Gasteiger partial charge in [0.05, 0.1) is 11.2 Å². The van der Waals surface area contributed by atoms with Crippen LogP contribution >= 0.6 is 0 Å². The number of benzene rings is 2. The lowest BCUT2D eigenvalue weighted by Crippen LogP contribution is -2.44. The van der Waals surface area contributed by atoms with Crippen LogP contribution in [0.1, 0.15) is 33.3 Å². The summed E-state index contributed by atoms with van der Waals surface area (Å²) in [5, 5.41) is 27.8. The summed E-state index contributed by atoms with van der Waals surface area (Å²) >= 11 is 0. The minimum Gasteiger partial charge on any atom is -0.504 e. The molecule has 0 aromatic heterocycles. The minimum absolute atomic E-state index is 0.0657. The number of aliphatic hydroxyl groups is 2. The van der Waals surface area contributed by atoms with Crippen molar-refractivity contribution in [2.45, 2.75) is 45.5 Å². The molecule has 0 aliphatic carbocycles. The molecule has 0 heterocycles. The molecule has 24 heavy (non-hydrogen) atoms. The maximum Gasteiger partial charge on any atom is 0.161 e. The van der Waals surface area contributed by atoms with Crippen LogP contribution in [0.2, 0.25) is 0 Å². The minimum atomic E-state index is -1.01. The van der Waals surface area contributed by atoms with Crippen LogP contribution in [-0.2, 0) is 6.61 Å². The van der Waals surface area contributed by atoms with Gasteiger partial charge in [0.15, 0.2) is 11.5 Å². The standard InChI is InChI=1S/C13H11BO2.C6H14O2/c14-11-6-7-13(12(15)8-11)16-9-10-4-2-1-3-5-10;1-5(2,7)6(3,4)8/h1-8,15H,9H2;7-8H,1-4H3. The zero-order valence-electron chi connectivity index (χ0n) is 14.7. The Morgan fingerprint density at radius 3 is 1.92 bits per heavy atom. The van der Waals surface area contributed by atoms with Crippen molar-refractivity contribution in [1.82, 2.24) is 0 Å². The fraction of sp³-hybridized carbons (Fsp3) is 0.368. The average molecular weight is 328 g/mol. The third-order valence-electron chi connectivity index (χ3n) is 3.72. The second-order valence-electron chi connectivity index (χ2n) is 6.62. The molecule has 0 bridgehead atoms. The van der Waals surface area contributed by atoms with E-state index in [-0.39, 0.29) is 5.75 Å². The molecule has 0 saturated heterocycles. The Labute approximate surface area is 145 Å². The summed E-state index contributed by atoms with van der Waals surface area (Å²) in [7, 11) is 5.52. The third-order valence-corrected chi connectivity index (χ3v) is 3.72. The Morgan fingerprint density at radius 2 is 1.46 bits per heavy atom. The van der Waals surface area contributed by atoms with E-state index in [9.17, 15) is 5.11 Å². The van der Waals surface area contributed by atoms with E-state index in [1.807, 2.05) is 30.3 Å². The molecule has 128 valence electrons. The van der Waals surface area contributed by atoms with Gasteiger partial charge in [-0.25, -0.2) is 0 Å². The molecule has 0 amide bonds. The smallest absolute Gasteiger partial charge is 0.161 e. The number of aromatic hydroxyl groups is 1. The molecule has 2 aromatic carbocycles. The van der Waals surface area contributed by atoms with Gasteiger partial charge in [-0.3, -0.25) is 0 Å². The van der Waals surface area contributed by atoms with Gasteiger partial charge in [-0.15, -0.1) is 0 Å². The van der Waals surface area contributed by atoms with Crippen molar-refractivity contribution in [2.75, 3.05) is 0 Å². The van der Waals surface area contributed by atoms with Crippen molar-refractivity contribution >= 4 is 13.3 Å². The summed E-state index contributed by atoms with van der Waals surface area (Å²) in [6.07, 6.45) is 0. The van der Waals surface area contributed by atoms with Crippen LogP contribution in [0.3, 0.4) is 0 Å². The molecule has 0 unspecified atom stereocenters. The largest absolute Gasteiger partial charge is 0.504 e. The Hall–Kier alpha value is -1.98. The first kappa shape index (κ1) is 20.1. The molecule has 2 rings (SSSR count). The molecule has 2 radical (unpaired) electrons. The third kappa shape index (κ3) is 6.65. The van der Waals surface area contributed by atoms with Gasteiger partial charge >= 0.3 is 0 Å². The monoisotopic (exact) mass is 328 g/mol. The number of hydrogen-bond donors (Lipinski definition) is 3. The molecule has 0 fully saturated rings. The number of hydrogen-bond acceptors (Lipinski definition) is 4. The van der Waals surface area contributed by atoms with Crippen molar-refractivity contribution in [3.63, 3.8) is 0 Å². The van der Waals surface area contributed by atoms with Crippen molar-refractivity contribution in [3.05, 3.63) is 54.1 Å². The maximum atomic E-state index is 9.56. The van der Waals surface area contributed by atoms with Crippen LogP contribution in [0.4, 0.5) is 0 Å². The number of phenols is 1. The number of rotatable bonds is 4. The van der Waals surface area contributed by atoms with E-state index in [2.05, 4.69) is 0 Å². The second kappa shape index (κ2) is 8.22. The number of ether oxygens (including phenoxy) is 1. The lowest BCUT2D eigenvalue weighted by Gasteiger charge is -2.31. The highest BCUT2D eigenvalue weighted by Gasteiger charge is 2.31. The first-order valence-corrected chi connectivity index (χ1v) is 7.70. The van der Waals surface area contributed by atoms with Crippen molar-refractivity contribution < 1.29 is 20.1 Å². The quantitative estimate of drug-likeness (QED) is 0.753. The van der Waals surface area contributed by atoms with Crippen LogP contribution in [0.25, 0.3) is 0 Å². The maximum absolute atomic E-state index is 9.56. The summed E-state index contributed by atoms with van der Waals surface area (Å²) in [5.41, 5.74) is -0.441. The normalized spacial score (nSPS) is 11.4. The summed E-state index contributed by atoms with van der Waals surface area (Å²) in [4.78, 5) is 0. The Kier molecular flexibility index (Phi) is 6.87. The SMILES string of the molecule is CC(C)(O)C(C)(C)O.[B]c1ccc(OCc2ccccc2)c(O)c1. The Bertz CT molecular complexity index is 616. The Balaban J connectivity index is 0.000000307. The first-order chi connectivity index (χ1) is 11.0. The van der Waals surface area contributed by atoms with Gasteiger partial charge in [0.25, 0.3) is 0 Å². The van der Waals surface area contributed by atoms with Gasteiger partial charge in [-0.2, -0.15) is 0 Å². The molecule has 0 aliphatic heterocycles. The lowest BCUT2D eigenvalue weighted by atomic mass is 9.90. The molecule has 4 nitrogen and oxygen atoms in total.